The number of ether oxygens (including phenoxy) is 1. The first-order chi connectivity index (χ1) is 17.7. The van der Waals surface area contributed by atoms with Gasteiger partial charge in [-0.05, 0) is 36.2 Å². The number of hydrogen-bond acceptors (Lipinski definition) is 7. The predicted octanol–water partition coefficient (Wildman–Crippen LogP) is 3.86. The van der Waals surface area contributed by atoms with Crippen LogP contribution in [0.3, 0.4) is 0 Å². The number of methoxy groups -OCH3 is 1. The number of fused-ring (bicyclic) bond motifs is 1. The summed E-state index contributed by atoms with van der Waals surface area (Å²) in [5.74, 6) is -2.90. The van der Waals surface area contributed by atoms with E-state index in [1.807, 2.05) is 19.2 Å². The van der Waals surface area contributed by atoms with Crippen LogP contribution in [-0.4, -0.2) is 49.2 Å². The molecule has 4 N–H and O–H groups in total. The second kappa shape index (κ2) is 12.2. The SMILES string of the molecule is COc1ncc(F)cc1CNc1ccc(Cc2c[nH]c3ncc(C)cc23)c(F)n1.O=C(O)/C=C/C(=O)O. The first-order valence-electron chi connectivity index (χ1n) is 10.8. The summed E-state index contributed by atoms with van der Waals surface area (Å²) in [5.41, 5.74) is 3.75. The van der Waals surface area contributed by atoms with Crippen LogP contribution >= 0.6 is 0 Å². The molecule has 0 atom stereocenters. The van der Waals surface area contributed by atoms with Crippen LogP contribution in [-0.2, 0) is 22.6 Å². The van der Waals surface area contributed by atoms with Crippen LogP contribution in [0.4, 0.5) is 14.6 Å². The number of H-pyrrole nitrogens is 1. The van der Waals surface area contributed by atoms with Gasteiger partial charge >= 0.3 is 11.9 Å². The molecular weight excluding hydrogens is 488 g/mol. The number of aromatic nitrogens is 4. The van der Waals surface area contributed by atoms with E-state index in [4.69, 9.17) is 14.9 Å². The molecule has 0 fully saturated rings. The van der Waals surface area contributed by atoms with E-state index in [2.05, 4.69) is 25.3 Å². The summed E-state index contributed by atoms with van der Waals surface area (Å²) in [5, 5.41) is 19.6. The molecule has 37 heavy (non-hydrogen) atoms. The third-order valence-electron chi connectivity index (χ3n) is 4.97. The summed E-state index contributed by atoms with van der Waals surface area (Å²) >= 11 is 0. The smallest absolute Gasteiger partial charge is 0.328 e. The lowest BCUT2D eigenvalue weighted by Gasteiger charge is -2.10. The molecule has 0 aliphatic carbocycles. The standard InChI is InChI=1S/C21H19F2N5O.C4H4O4/c1-12-5-17-14(9-26-20(17)25-8-12)6-13-3-4-18(28-19(13)23)24-10-15-7-16(22)11-27-21(15)29-2;5-3(6)1-2-4(7)8/h3-5,7-9,11H,6,10H2,1-2H3,(H,24,28)(H,25,26);1-2H,(H,5,6)(H,7,8)/b;2-1+. The van der Waals surface area contributed by atoms with Crippen molar-refractivity contribution in [1.82, 2.24) is 19.9 Å². The highest BCUT2D eigenvalue weighted by atomic mass is 19.1. The van der Waals surface area contributed by atoms with Crippen LogP contribution < -0.4 is 10.1 Å². The zero-order valence-corrected chi connectivity index (χ0v) is 19.8. The molecule has 0 aliphatic heterocycles. The number of anilines is 1. The zero-order valence-electron chi connectivity index (χ0n) is 19.8. The Balaban J connectivity index is 0.000000414. The van der Waals surface area contributed by atoms with Gasteiger partial charge in [-0.1, -0.05) is 6.07 Å². The summed E-state index contributed by atoms with van der Waals surface area (Å²) in [6.45, 7) is 2.17. The second-order valence-corrected chi connectivity index (χ2v) is 7.73. The molecule has 10 nitrogen and oxygen atoms in total. The lowest BCUT2D eigenvalue weighted by molar-refractivity contribution is -0.134. The van der Waals surface area contributed by atoms with E-state index >= 15 is 0 Å². The monoisotopic (exact) mass is 511 g/mol. The fourth-order valence-electron chi connectivity index (χ4n) is 3.31. The van der Waals surface area contributed by atoms with Crippen molar-refractivity contribution in [3.05, 3.63) is 89.0 Å². The summed E-state index contributed by atoms with van der Waals surface area (Å²) < 4.78 is 33.1. The van der Waals surface area contributed by atoms with Crippen LogP contribution in [0.1, 0.15) is 22.3 Å². The molecule has 0 spiro atoms. The van der Waals surface area contributed by atoms with E-state index in [0.29, 0.717) is 41.4 Å². The molecule has 0 radical (unpaired) electrons. The minimum absolute atomic E-state index is 0.202. The van der Waals surface area contributed by atoms with E-state index in [1.165, 1.54) is 13.2 Å². The van der Waals surface area contributed by atoms with Crippen LogP contribution in [0.5, 0.6) is 5.88 Å². The molecule has 0 bridgehead atoms. The van der Waals surface area contributed by atoms with Gasteiger partial charge < -0.3 is 25.3 Å². The summed E-state index contributed by atoms with van der Waals surface area (Å²) in [6.07, 6.45) is 6.22. The van der Waals surface area contributed by atoms with Crippen molar-refractivity contribution < 1.29 is 33.3 Å². The number of halogens is 2. The first kappa shape index (κ1) is 26.7. The molecule has 4 aromatic rings. The number of nitrogens with zero attached hydrogens (tertiary/aromatic N) is 3. The number of carbonyl (C=O) groups is 2. The van der Waals surface area contributed by atoms with E-state index in [1.54, 1.807) is 18.3 Å². The van der Waals surface area contributed by atoms with Gasteiger partial charge in [0.15, 0.2) is 0 Å². The van der Waals surface area contributed by atoms with Crippen LogP contribution in [0.2, 0.25) is 0 Å². The van der Waals surface area contributed by atoms with E-state index in [0.717, 1.165) is 28.4 Å². The number of nitrogens with one attached hydrogen (secondary N) is 2. The molecule has 192 valence electrons. The maximum absolute atomic E-state index is 14.6. The minimum Gasteiger partial charge on any atom is -0.481 e. The maximum Gasteiger partial charge on any atom is 0.328 e. The number of aliphatic carboxylic acids is 2. The topological polar surface area (TPSA) is 150 Å². The van der Waals surface area contributed by atoms with E-state index < -0.39 is 23.7 Å². The molecule has 0 aliphatic rings. The van der Waals surface area contributed by atoms with Gasteiger partial charge in [0.2, 0.25) is 11.8 Å². The molecule has 4 aromatic heterocycles. The molecule has 0 saturated carbocycles. The Kier molecular flexibility index (Phi) is 8.81. The molecular formula is C25H23F2N5O5. The lowest BCUT2D eigenvalue weighted by Crippen LogP contribution is -2.06. The number of pyridine rings is 3. The maximum atomic E-state index is 14.6. The average molecular weight is 511 g/mol. The minimum atomic E-state index is -1.26. The second-order valence-electron chi connectivity index (χ2n) is 7.73. The zero-order chi connectivity index (χ0) is 26.9. The quantitative estimate of drug-likeness (QED) is 0.204. The fraction of sp³-hybridized carbons (Fsp3) is 0.160. The van der Waals surface area contributed by atoms with Gasteiger partial charge in [0.1, 0.15) is 17.3 Å². The van der Waals surface area contributed by atoms with Crippen molar-refractivity contribution in [2.24, 2.45) is 0 Å². The molecule has 4 rings (SSSR count). The molecule has 0 aromatic carbocycles. The van der Waals surface area contributed by atoms with Gasteiger partial charge in [0.25, 0.3) is 0 Å². The Labute approximate surface area is 209 Å². The van der Waals surface area contributed by atoms with E-state index in [9.17, 15) is 18.4 Å². The summed E-state index contributed by atoms with van der Waals surface area (Å²) in [6, 6.07) is 6.72. The highest BCUT2D eigenvalue weighted by Gasteiger charge is 2.12. The van der Waals surface area contributed by atoms with Crippen LogP contribution in [0.15, 0.2) is 55.0 Å². The predicted molar refractivity (Wildman–Crippen MR) is 130 cm³/mol. The molecule has 12 heteroatoms. The van der Waals surface area contributed by atoms with Crippen molar-refractivity contribution >= 4 is 28.8 Å². The van der Waals surface area contributed by atoms with Gasteiger partial charge in [0.05, 0.1) is 13.3 Å². The highest BCUT2D eigenvalue weighted by molar-refractivity contribution is 5.89. The normalized spacial score (nSPS) is 10.7. The number of carboxylic acids is 2. The van der Waals surface area contributed by atoms with Gasteiger partial charge in [0, 0.05) is 54.0 Å². The van der Waals surface area contributed by atoms with Crippen LogP contribution in [0, 0.1) is 18.7 Å². The van der Waals surface area contributed by atoms with Crippen molar-refractivity contribution in [3.8, 4) is 5.88 Å². The highest BCUT2D eigenvalue weighted by Crippen LogP contribution is 2.23. The van der Waals surface area contributed by atoms with Crippen molar-refractivity contribution in [1.29, 1.82) is 0 Å². The van der Waals surface area contributed by atoms with Gasteiger partial charge in [-0.15, -0.1) is 0 Å². The fourth-order valence-corrected chi connectivity index (χ4v) is 3.31. The number of hydrogen-bond donors (Lipinski definition) is 4. The Bertz CT molecular complexity index is 1440. The molecule has 0 unspecified atom stereocenters. The molecule has 0 amide bonds. The summed E-state index contributed by atoms with van der Waals surface area (Å²) in [7, 11) is 1.46. The number of aryl methyl sites for hydroxylation is 1. The lowest BCUT2D eigenvalue weighted by atomic mass is 10.1. The summed E-state index contributed by atoms with van der Waals surface area (Å²) in [4.78, 5) is 34.4. The van der Waals surface area contributed by atoms with Gasteiger partial charge in [-0.3, -0.25) is 0 Å². The van der Waals surface area contributed by atoms with Gasteiger partial charge in [-0.2, -0.15) is 4.39 Å². The average Bonchev–Trinajstić information content (AvgIpc) is 3.25. The van der Waals surface area contributed by atoms with Gasteiger partial charge in [-0.25, -0.2) is 28.9 Å². The third-order valence-corrected chi connectivity index (χ3v) is 4.97. The van der Waals surface area contributed by atoms with E-state index in [-0.39, 0.29) is 6.54 Å². The Morgan fingerprint density at radius 1 is 1.05 bits per heavy atom. The Hall–Kier alpha value is -4.87. The number of rotatable bonds is 8. The first-order valence-corrected chi connectivity index (χ1v) is 10.8. The van der Waals surface area contributed by atoms with Crippen LogP contribution in [0.25, 0.3) is 11.0 Å². The number of aromatic amines is 1. The molecule has 4 heterocycles. The number of carboxylic acid groups (broad SMARTS) is 2. The largest absolute Gasteiger partial charge is 0.481 e. The molecule has 0 saturated heterocycles. The van der Waals surface area contributed by atoms with Crippen molar-refractivity contribution in [2.75, 3.05) is 12.4 Å². The van der Waals surface area contributed by atoms with Crippen molar-refractivity contribution in [2.45, 2.75) is 19.9 Å². The van der Waals surface area contributed by atoms with Crippen molar-refractivity contribution in [3.63, 3.8) is 0 Å². The Morgan fingerprint density at radius 2 is 1.78 bits per heavy atom. The third kappa shape index (κ3) is 7.56. The Morgan fingerprint density at radius 3 is 2.43 bits per heavy atom.